The van der Waals surface area contributed by atoms with E-state index in [9.17, 15) is 42.6 Å². The summed E-state index contributed by atoms with van der Waals surface area (Å²) in [5.41, 5.74) is 1.33. The first kappa shape index (κ1) is 28.7. The van der Waals surface area contributed by atoms with E-state index in [4.69, 9.17) is 20.3 Å². The average molecular weight is 553 g/mol. The lowest BCUT2D eigenvalue weighted by atomic mass is 9.90. The monoisotopic (exact) mass is 553 g/mol. The van der Waals surface area contributed by atoms with Crippen LogP contribution in [0.4, 0.5) is 4.39 Å². The van der Waals surface area contributed by atoms with Crippen molar-refractivity contribution in [1.29, 1.82) is 0 Å². The van der Waals surface area contributed by atoms with Crippen LogP contribution in [-0.4, -0.2) is 58.1 Å². The quantitative estimate of drug-likeness (QED) is 0.141. The van der Waals surface area contributed by atoms with Gasteiger partial charge in [-0.3, -0.25) is 18.9 Å². The molecule has 8 N–H and O–H groups in total. The maximum atomic E-state index is 13.8. The molecule has 1 aliphatic rings. The molecule has 1 aromatic heterocycles. The molecule has 7 atom stereocenters. The topological polar surface area (TPSA) is 270 Å². The van der Waals surface area contributed by atoms with Gasteiger partial charge in [-0.1, -0.05) is 5.92 Å². The zero-order valence-corrected chi connectivity index (χ0v) is 19.7. The molecule has 0 radical (unpaired) electrons. The number of rotatable bonds is 8. The number of hydrogen-bond acceptors (Lipinski definition) is 11. The minimum atomic E-state index is -5.82. The van der Waals surface area contributed by atoms with Gasteiger partial charge in [-0.15, -0.1) is 5.92 Å². The molecule has 0 aromatic carbocycles. The van der Waals surface area contributed by atoms with E-state index in [-0.39, 0.29) is 0 Å². The summed E-state index contributed by atoms with van der Waals surface area (Å²) in [4.78, 5) is 61.1. The van der Waals surface area contributed by atoms with Crippen molar-refractivity contribution in [2.45, 2.75) is 43.9 Å². The lowest BCUT2D eigenvalue weighted by molar-refractivity contribution is -0.0757. The Balaban J connectivity index is 2.36. The molecular weight excluding hydrogens is 534 g/mol. The van der Waals surface area contributed by atoms with E-state index in [2.05, 4.69) is 25.0 Å². The van der Waals surface area contributed by atoms with Crippen LogP contribution in [-0.2, 0) is 31.6 Å². The molecule has 0 saturated carbocycles. The molecule has 0 amide bonds. The maximum absolute atomic E-state index is 13.8. The molecule has 17 nitrogen and oxygen atoms in total. The summed E-state index contributed by atoms with van der Waals surface area (Å²) in [5, 5.41) is 10.7. The number of nitrogens with two attached hydrogens (primary N) is 1. The standard InChI is InChI=1S/C13H19FN3O14P3/c1-3-4-13(15)9(18)8(28-11(13)17-5-7(14)10(19)16-12(17)20)6(2)29-33(24,25)31-34(26,27)30-32(21,22)23/h5-6,8-9,11,18H,15H2,1-2H3,(H,24,25)(H,26,27)(H,16,19,20)(H2,21,22,23)/t6-,8+,9?,11+,13?/m0/s1. The smallest absolute Gasteiger partial charge is 0.387 e. The van der Waals surface area contributed by atoms with Gasteiger partial charge in [0.15, 0.2) is 11.8 Å². The van der Waals surface area contributed by atoms with Crippen LogP contribution < -0.4 is 17.0 Å². The molecule has 1 fully saturated rings. The molecule has 4 unspecified atom stereocenters. The normalized spacial score (nSPS) is 29.5. The minimum absolute atomic E-state index is 0.424. The SMILES string of the molecule is CC#CC1(N)C(O)[C@@H]([C@H](C)OP(=O)(O)OP(=O)(O)OP(=O)(O)O)O[C@H]1n1cc(F)c(=O)[nH]c1=O. The van der Waals surface area contributed by atoms with Crippen LogP contribution in [0.2, 0.25) is 0 Å². The highest BCUT2D eigenvalue weighted by molar-refractivity contribution is 7.66. The molecule has 0 bridgehead atoms. The Hall–Kier alpha value is -1.54. The number of halogens is 1. The summed E-state index contributed by atoms with van der Waals surface area (Å²) in [5.74, 6) is 3.30. The van der Waals surface area contributed by atoms with Crippen LogP contribution in [0.5, 0.6) is 0 Å². The van der Waals surface area contributed by atoms with Crippen LogP contribution >= 0.6 is 23.5 Å². The van der Waals surface area contributed by atoms with Crippen molar-refractivity contribution in [2.24, 2.45) is 5.73 Å². The van der Waals surface area contributed by atoms with Crippen molar-refractivity contribution in [3.63, 3.8) is 0 Å². The van der Waals surface area contributed by atoms with Crippen LogP contribution in [0.25, 0.3) is 0 Å². The number of nitrogens with zero attached hydrogens (tertiary/aromatic N) is 1. The zero-order valence-electron chi connectivity index (χ0n) is 17.0. The summed E-state index contributed by atoms with van der Waals surface area (Å²) in [6, 6.07) is 0. The van der Waals surface area contributed by atoms with Gasteiger partial charge in [0, 0.05) is 0 Å². The van der Waals surface area contributed by atoms with Gasteiger partial charge in [-0.05, 0) is 13.8 Å². The average Bonchev–Trinajstić information content (AvgIpc) is 2.86. The van der Waals surface area contributed by atoms with Crippen molar-refractivity contribution in [3.05, 3.63) is 32.9 Å². The van der Waals surface area contributed by atoms with Crippen LogP contribution in [0.3, 0.4) is 0 Å². The second-order valence-corrected chi connectivity index (χ2v) is 11.1. The van der Waals surface area contributed by atoms with E-state index < -0.39 is 70.6 Å². The first-order chi connectivity index (χ1) is 15.3. The van der Waals surface area contributed by atoms with Crippen LogP contribution in [0.1, 0.15) is 20.1 Å². The number of hydrogen-bond donors (Lipinski definition) is 7. The summed E-state index contributed by atoms with van der Waals surface area (Å²) < 4.78 is 65.7. The number of aliphatic hydroxyl groups is 1. The Morgan fingerprint density at radius 3 is 2.35 bits per heavy atom. The van der Waals surface area contributed by atoms with Crippen molar-refractivity contribution >= 4 is 23.5 Å². The van der Waals surface area contributed by atoms with Gasteiger partial charge in [0.2, 0.25) is 5.82 Å². The van der Waals surface area contributed by atoms with Gasteiger partial charge >= 0.3 is 29.2 Å². The Morgan fingerprint density at radius 2 is 1.82 bits per heavy atom. The Morgan fingerprint density at radius 1 is 1.24 bits per heavy atom. The van der Waals surface area contributed by atoms with Gasteiger partial charge in [0.05, 0.1) is 12.3 Å². The number of nitrogens with one attached hydrogen (secondary N) is 1. The highest BCUT2D eigenvalue weighted by Gasteiger charge is 2.57. The van der Waals surface area contributed by atoms with E-state index >= 15 is 0 Å². The van der Waals surface area contributed by atoms with Crippen LogP contribution in [0.15, 0.2) is 15.8 Å². The Labute approximate surface area is 188 Å². The lowest BCUT2D eigenvalue weighted by Crippen LogP contribution is -2.56. The molecule has 2 heterocycles. The third-order valence-electron chi connectivity index (χ3n) is 4.19. The summed E-state index contributed by atoms with van der Waals surface area (Å²) >= 11 is 0. The number of phosphoric acid groups is 3. The number of phosphoric ester groups is 1. The Bertz CT molecular complexity index is 1270. The van der Waals surface area contributed by atoms with Crippen molar-refractivity contribution in [2.75, 3.05) is 0 Å². The number of H-pyrrole nitrogens is 1. The summed E-state index contributed by atoms with van der Waals surface area (Å²) in [6.07, 6.45) is -6.77. The van der Waals surface area contributed by atoms with E-state index in [0.29, 0.717) is 10.8 Å². The molecule has 21 heteroatoms. The first-order valence-corrected chi connectivity index (χ1v) is 13.2. The van der Waals surface area contributed by atoms with E-state index in [1.807, 2.05) is 0 Å². The van der Waals surface area contributed by atoms with E-state index in [0.717, 1.165) is 6.92 Å². The first-order valence-electron chi connectivity index (χ1n) is 8.71. The number of aromatic nitrogens is 2. The highest BCUT2D eigenvalue weighted by Crippen LogP contribution is 2.66. The molecule has 192 valence electrons. The lowest BCUT2D eigenvalue weighted by Gasteiger charge is -2.28. The van der Waals surface area contributed by atoms with Crippen molar-refractivity contribution in [1.82, 2.24) is 9.55 Å². The maximum Gasteiger partial charge on any atom is 0.490 e. The Kier molecular flexibility index (Phi) is 8.31. The highest BCUT2D eigenvalue weighted by atomic mass is 31.3. The minimum Gasteiger partial charge on any atom is -0.387 e. The number of aliphatic hydroxyl groups excluding tert-OH is 1. The largest absolute Gasteiger partial charge is 0.490 e. The third-order valence-corrected chi connectivity index (χ3v) is 8.12. The van der Waals surface area contributed by atoms with E-state index in [1.165, 1.54) is 6.92 Å². The van der Waals surface area contributed by atoms with Gasteiger partial charge in [-0.25, -0.2) is 18.5 Å². The second kappa shape index (κ2) is 9.84. The van der Waals surface area contributed by atoms with Gasteiger partial charge in [-0.2, -0.15) is 13.0 Å². The van der Waals surface area contributed by atoms with E-state index in [1.54, 1.807) is 4.98 Å². The molecule has 2 rings (SSSR count). The fraction of sp³-hybridized carbons (Fsp3) is 0.538. The number of aromatic amines is 1. The molecular formula is C13H19FN3O14P3. The van der Waals surface area contributed by atoms with Gasteiger partial charge < -0.3 is 35.2 Å². The molecule has 1 aliphatic heterocycles. The fourth-order valence-corrected chi connectivity index (χ4v) is 6.17. The predicted octanol–water partition coefficient (Wildman–Crippen LogP) is -1.61. The van der Waals surface area contributed by atoms with Gasteiger partial charge in [0.1, 0.15) is 12.2 Å². The predicted molar refractivity (Wildman–Crippen MR) is 106 cm³/mol. The molecule has 1 aromatic rings. The zero-order chi connectivity index (χ0) is 26.3. The van der Waals surface area contributed by atoms with Crippen LogP contribution in [0, 0.1) is 17.7 Å². The van der Waals surface area contributed by atoms with Crippen molar-refractivity contribution in [3.8, 4) is 11.8 Å². The third kappa shape index (κ3) is 6.56. The molecule has 1 saturated heterocycles. The number of ether oxygens (including phenoxy) is 1. The fourth-order valence-electron chi connectivity index (χ4n) is 2.97. The van der Waals surface area contributed by atoms with Crippen molar-refractivity contribution < 1.29 is 60.6 Å². The van der Waals surface area contributed by atoms with Gasteiger partial charge in [0.25, 0.3) is 5.56 Å². The molecule has 34 heavy (non-hydrogen) atoms. The molecule has 0 aliphatic carbocycles. The second-order valence-electron chi connectivity index (χ2n) is 6.75. The summed E-state index contributed by atoms with van der Waals surface area (Å²) in [7, 11) is -17.1. The molecule has 0 spiro atoms. The summed E-state index contributed by atoms with van der Waals surface area (Å²) in [6.45, 7) is 2.27.